The summed E-state index contributed by atoms with van der Waals surface area (Å²) in [5.41, 5.74) is 0.618. The second-order valence-electron chi connectivity index (χ2n) is 4.21. The fraction of sp³-hybridized carbons (Fsp3) is 0.385. The Kier molecular flexibility index (Phi) is 3.32. The number of pyridine rings is 1. The topological polar surface area (TPSA) is 54.6 Å². The van der Waals surface area contributed by atoms with E-state index in [9.17, 15) is 14.3 Å². The van der Waals surface area contributed by atoms with Gasteiger partial charge >= 0.3 is 5.97 Å². The van der Waals surface area contributed by atoms with Crippen LogP contribution in [0.4, 0.5) is 4.39 Å². The highest BCUT2D eigenvalue weighted by Gasteiger charge is 2.24. The predicted octanol–water partition coefficient (Wildman–Crippen LogP) is 3.08. The van der Waals surface area contributed by atoms with Crippen molar-refractivity contribution in [3.63, 3.8) is 0 Å². The molecule has 0 radical (unpaired) electrons. The maximum atomic E-state index is 13.6. The van der Waals surface area contributed by atoms with Gasteiger partial charge in [-0.25, -0.2) is 14.2 Å². The lowest BCUT2D eigenvalue weighted by molar-refractivity contribution is 0.0687. The lowest BCUT2D eigenvalue weighted by Gasteiger charge is -2.09. The Bertz CT molecular complexity index is 588. The van der Waals surface area contributed by atoms with Crippen molar-refractivity contribution in [3.05, 3.63) is 35.5 Å². The third kappa shape index (κ3) is 1.85. The first-order chi connectivity index (χ1) is 8.60. The monoisotopic (exact) mass is 250 g/mol. The lowest BCUT2D eigenvalue weighted by Crippen LogP contribution is -2.08. The molecule has 0 aliphatic heterocycles. The first kappa shape index (κ1) is 12.5. The van der Waals surface area contributed by atoms with Gasteiger partial charge < -0.3 is 5.11 Å². The van der Waals surface area contributed by atoms with Crippen molar-refractivity contribution in [1.82, 2.24) is 9.38 Å². The van der Waals surface area contributed by atoms with Crippen molar-refractivity contribution in [2.24, 2.45) is 0 Å². The zero-order valence-electron chi connectivity index (χ0n) is 10.4. The fourth-order valence-electron chi connectivity index (χ4n) is 2.22. The first-order valence-electron chi connectivity index (χ1n) is 5.99. The molecule has 5 heteroatoms. The molecule has 2 aromatic rings. The molecule has 18 heavy (non-hydrogen) atoms. The van der Waals surface area contributed by atoms with E-state index < -0.39 is 11.8 Å². The highest BCUT2D eigenvalue weighted by molar-refractivity contribution is 5.88. The van der Waals surface area contributed by atoms with Crippen LogP contribution in [0.3, 0.4) is 0 Å². The van der Waals surface area contributed by atoms with Gasteiger partial charge in [0.15, 0.2) is 17.2 Å². The van der Waals surface area contributed by atoms with E-state index in [1.54, 1.807) is 0 Å². The second-order valence-corrected chi connectivity index (χ2v) is 4.21. The molecule has 0 aliphatic rings. The van der Waals surface area contributed by atoms with Crippen molar-refractivity contribution >= 4 is 11.6 Å². The largest absolute Gasteiger partial charge is 0.477 e. The van der Waals surface area contributed by atoms with Gasteiger partial charge in [-0.05, 0) is 25.0 Å². The van der Waals surface area contributed by atoms with Gasteiger partial charge in [0.1, 0.15) is 0 Å². The number of fused-ring (bicyclic) bond motifs is 1. The fourth-order valence-corrected chi connectivity index (χ4v) is 2.22. The van der Waals surface area contributed by atoms with Gasteiger partial charge in [0.2, 0.25) is 0 Å². The summed E-state index contributed by atoms with van der Waals surface area (Å²) < 4.78 is 14.9. The van der Waals surface area contributed by atoms with E-state index in [1.807, 2.05) is 13.8 Å². The number of halogens is 1. The molecule has 0 atom stereocenters. The van der Waals surface area contributed by atoms with Gasteiger partial charge in [0.25, 0.3) is 0 Å². The molecule has 2 heterocycles. The molecule has 0 unspecified atom stereocenters. The molecule has 0 fully saturated rings. The van der Waals surface area contributed by atoms with Crippen LogP contribution in [-0.4, -0.2) is 20.5 Å². The molecule has 0 bridgehead atoms. The van der Waals surface area contributed by atoms with E-state index in [0.717, 1.165) is 12.8 Å². The molecule has 96 valence electrons. The minimum Gasteiger partial charge on any atom is -0.477 e. The Labute approximate surface area is 104 Å². The number of hydrogen-bond acceptors (Lipinski definition) is 2. The summed E-state index contributed by atoms with van der Waals surface area (Å²) in [6, 6.07) is 2.76. The van der Waals surface area contributed by atoms with Crippen molar-refractivity contribution < 1.29 is 14.3 Å². The van der Waals surface area contributed by atoms with Crippen LogP contribution in [0.2, 0.25) is 0 Å². The molecule has 0 aliphatic carbocycles. The van der Waals surface area contributed by atoms with E-state index in [1.165, 1.54) is 22.7 Å². The number of hydrogen-bond donors (Lipinski definition) is 1. The van der Waals surface area contributed by atoms with Crippen molar-refractivity contribution in [2.45, 2.75) is 32.6 Å². The molecule has 1 N–H and O–H groups in total. The zero-order chi connectivity index (χ0) is 13.3. The van der Waals surface area contributed by atoms with Gasteiger partial charge in [-0.1, -0.05) is 13.8 Å². The number of carboxylic acids is 1. The Morgan fingerprint density at radius 1 is 1.50 bits per heavy atom. The van der Waals surface area contributed by atoms with Crippen molar-refractivity contribution in [3.8, 4) is 0 Å². The Morgan fingerprint density at radius 3 is 2.72 bits per heavy atom. The van der Waals surface area contributed by atoms with Crippen LogP contribution < -0.4 is 0 Å². The van der Waals surface area contributed by atoms with Crippen LogP contribution in [0, 0.1) is 5.82 Å². The number of aromatic nitrogens is 2. The van der Waals surface area contributed by atoms with Gasteiger partial charge in [-0.3, -0.25) is 4.40 Å². The summed E-state index contributed by atoms with van der Waals surface area (Å²) in [4.78, 5) is 15.5. The maximum absolute atomic E-state index is 13.6. The van der Waals surface area contributed by atoms with Crippen molar-refractivity contribution in [1.29, 1.82) is 0 Å². The molecule has 0 amide bonds. The Morgan fingerprint density at radius 2 is 2.17 bits per heavy atom. The van der Waals surface area contributed by atoms with E-state index in [0.29, 0.717) is 5.69 Å². The summed E-state index contributed by atoms with van der Waals surface area (Å²) in [6.07, 6.45) is 3.09. The summed E-state index contributed by atoms with van der Waals surface area (Å²) >= 11 is 0. The van der Waals surface area contributed by atoms with Crippen LogP contribution in [0.1, 0.15) is 48.8 Å². The second kappa shape index (κ2) is 4.76. The highest BCUT2D eigenvalue weighted by Crippen LogP contribution is 2.27. The van der Waals surface area contributed by atoms with E-state index in [4.69, 9.17) is 0 Å². The Hall–Kier alpha value is -1.91. The van der Waals surface area contributed by atoms with Crippen LogP contribution >= 0.6 is 0 Å². The Balaban J connectivity index is 2.76. The summed E-state index contributed by atoms with van der Waals surface area (Å²) in [5.74, 6) is -1.54. The normalized spacial score (nSPS) is 11.3. The molecule has 2 rings (SSSR count). The maximum Gasteiger partial charge on any atom is 0.354 e. The van der Waals surface area contributed by atoms with Gasteiger partial charge in [0, 0.05) is 12.1 Å². The SMILES string of the molecule is CCC(CC)c1nc2c(F)cccn2c1C(=O)O. The minimum absolute atomic E-state index is 0.0374. The minimum atomic E-state index is -1.07. The summed E-state index contributed by atoms with van der Waals surface area (Å²) in [5, 5.41) is 9.30. The zero-order valence-corrected chi connectivity index (χ0v) is 10.4. The van der Waals surface area contributed by atoms with Crippen LogP contribution in [0.25, 0.3) is 5.65 Å². The number of rotatable bonds is 4. The number of imidazole rings is 1. The van der Waals surface area contributed by atoms with Crippen LogP contribution in [-0.2, 0) is 0 Å². The number of carbonyl (C=O) groups is 1. The van der Waals surface area contributed by atoms with E-state index >= 15 is 0 Å². The number of nitrogens with zero attached hydrogens (tertiary/aromatic N) is 2. The summed E-state index contributed by atoms with van der Waals surface area (Å²) in [7, 11) is 0. The molecule has 4 nitrogen and oxygen atoms in total. The van der Waals surface area contributed by atoms with Gasteiger partial charge in [0.05, 0.1) is 5.69 Å². The molecule has 2 aromatic heterocycles. The third-order valence-corrected chi connectivity index (χ3v) is 3.20. The molecule has 0 aromatic carbocycles. The van der Waals surface area contributed by atoms with E-state index in [2.05, 4.69) is 4.98 Å². The van der Waals surface area contributed by atoms with Crippen molar-refractivity contribution in [2.75, 3.05) is 0 Å². The number of aromatic carboxylic acids is 1. The average Bonchev–Trinajstić information content (AvgIpc) is 2.71. The van der Waals surface area contributed by atoms with E-state index in [-0.39, 0.29) is 17.3 Å². The lowest BCUT2D eigenvalue weighted by atomic mass is 9.98. The standard InChI is InChI=1S/C13H15FN2O2/c1-3-8(4-2)10-11(13(17)18)16-7-5-6-9(14)12(16)15-10/h5-8H,3-4H2,1-2H3,(H,17,18). The van der Waals surface area contributed by atoms with Crippen LogP contribution in [0.5, 0.6) is 0 Å². The molecular weight excluding hydrogens is 235 g/mol. The molecule has 0 saturated carbocycles. The molecule has 0 saturated heterocycles. The predicted molar refractivity (Wildman–Crippen MR) is 65.4 cm³/mol. The third-order valence-electron chi connectivity index (χ3n) is 3.20. The molecular formula is C13H15FN2O2. The highest BCUT2D eigenvalue weighted by atomic mass is 19.1. The average molecular weight is 250 g/mol. The van der Waals surface area contributed by atoms with Gasteiger partial charge in [-0.15, -0.1) is 0 Å². The number of carboxylic acid groups (broad SMARTS) is 1. The first-order valence-corrected chi connectivity index (χ1v) is 5.99. The van der Waals surface area contributed by atoms with Crippen LogP contribution in [0.15, 0.2) is 18.3 Å². The quantitative estimate of drug-likeness (QED) is 0.907. The molecule has 0 spiro atoms. The van der Waals surface area contributed by atoms with Gasteiger partial charge in [-0.2, -0.15) is 0 Å². The smallest absolute Gasteiger partial charge is 0.354 e. The summed E-state index contributed by atoms with van der Waals surface area (Å²) in [6.45, 7) is 3.94.